The highest BCUT2D eigenvalue weighted by Gasteiger charge is 2.36. The fourth-order valence-electron chi connectivity index (χ4n) is 5.60. The third-order valence-electron chi connectivity index (χ3n) is 7.47. The highest BCUT2D eigenvalue weighted by molar-refractivity contribution is 5.98. The third kappa shape index (κ3) is 7.17. The van der Waals surface area contributed by atoms with Crippen molar-refractivity contribution in [1.29, 1.82) is 0 Å². The van der Waals surface area contributed by atoms with Gasteiger partial charge in [-0.25, -0.2) is 9.78 Å². The molecule has 1 fully saturated rings. The molecule has 2 heterocycles. The second-order valence-corrected chi connectivity index (χ2v) is 10.8. The Morgan fingerprint density at radius 1 is 1.00 bits per heavy atom. The van der Waals surface area contributed by atoms with Crippen molar-refractivity contribution in [2.45, 2.75) is 76.7 Å². The summed E-state index contributed by atoms with van der Waals surface area (Å²) in [6.07, 6.45) is 11.7. The fraction of sp³-hybridized carbons (Fsp3) is 0.607. The molecule has 1 aromatic carbocycles. The van der Waals surface area contributed by atoms with Crippen molar-refractivity contribution in [3.63, 3.8) is 0 Å². The van der Waals surface area contributed by atoms with Crippen LogP contribution in [-0.4, -0.2) is 54.6 Å². The number of nitrogens with zero attached hydrogens (tertiary/aromatic N) is 3. The van der Waals surface area contributed by atoms with Crippen molar-refractivity contribution in [2.24, 2.45) is 0 Å². The van der Waals surface area contributed by atoms with E-state index in [0.29, 0.717) is 11.8 Å². The van der Waals surface area contributed by atoms with Crippen molar-refractivity contribution in [2.75, 3.05) is 49.7 Å². The van der Waals surface area contributed by atoms with Crippen LogP contribution in [0.4, 0.5) is 22.2 Å². The minimum Gasteiger partial charge on any atom is -0.369 e. The van der Waals surface area contributed by atoms with Gasteiger partial charge in [-0.15, -0.1) is 0 Å². The number of hydrogen-bond donors (Lipinski definition) is 4. The van der Waals surface area contributed by atoms with Crippen molar-refractivity contribution >= 4 is 23.5 Å². The van der Waals surface area contributed by atoms with E-state index in [4.69, 9.17) is 0 Å². The molecule has 1 aliphatic heterocycles. The summed E-state index contributed by atoms with van der Waals surface area (Å²) in [7, 11) is 4.06. The lowest BCUT2D eigenvalue weighted by atomic mass is 9.68. The number of benzene rings is 1. The number of amides is 2. The number of hydrogen-bond acceptors (Lipinski definition) is 6. The molecule has 8 heteroatoms. The van der Waals surface area contributed by atoms with Gasteiger partial charge in [0.05, 0.1) is 0 Å². The van der Waals surface area contributed by atoms with Crippen LogP contribution >= 0.6 is 0 Å². The molecule has 1 saturated carbocycles. The van der Waals surface area contributed by atoms with Gasteiger partial charge in [0.2, 0.25) is 5.95 Å². The minimum absolute atomic E-state index is 0.159. The largest absolute Gasteiger partial charge is 0.369 e. The van der Waals surface area contributed by atoms with Crippen LogP contribution in [-0.2, 0) is 12.0 Å². The first-order valence-electron chi connectivity index (χ1n) is 13.6. The number of aromatic nitrogens is 2. The number of rotatable bonds is 6. The molecule has 2 aromatic rings. The molecule has 0 radical (unpaired) electrons. The van der Waals surface area contributed by atoms with Crippen LogP contribution in [0.5, 0.6) is 0 Å². The first-order chi connectivity index (χ1) is 17.4. The molecule has 2 amide bonds. The van der Waals surface area contributed by atoms with E-state index in [0.717, 1.165) is 37.6 Å². The second kappa shape index (κ2) is 12.5. The van der Waals surface area contributed by atoms with Crippen LogP contribution in [0, 0.1) is 6.92 Å². The molecule has 0 bridgehead atoms. The Morgan fingerprint density at radius 3 is 2.44 bits per heavy atom. The summed E-state index contributed by atoms with van der Waals surface area (Å²) in [5, 5.41) is 12.8. The summed E-state index contributed by atoms with van der Waals surface area (Å²) >= 11 is 0. The van der Waals surface area contributed by atoms with E-state index in [1.54, 1.807) is 0 Å². The Bertz CT molecular complexity index is 1010. The van der Waals surface area contributed by atoms with Crippen molar-refractivity contribution < 1.29 is 4.79 Å². The molecule has 1 aromatic heterocycles. The van der Waals surface area contributed by atoms with Crippen molar-refractivity contribution in [3.05, 3.63) is 41.1 Å². The molecule has 2 aliphatic rings. The minimum atomic E-state index is -0.325. The van der Waals surface area contributed by atoms with Crippen LogP contribution in [0.1, 0.15) is 74.6 Å². The quantitative estimate of drug-likeness (QED) is 0.438. The third-order valence-corrected chi connectivity index (χ3v) is 7.47. The number of likely N-dealkylation sites (N-methyl/N-ethyl adjacent to an activating group) is 1. The van der Waals surface area contributed by atoms with E-state index in [1.807, 2.05) is 33.2 Å². The van der Waals surface area contributed by atoms with Crippen LogP contribution in [0.25, 0.3) is 0 Å². The van der Waals surface area contributed by atoms with E-state index in [2.05, 4.69) is 48.3 Å². The van der Waals surface area contributed by atoms with Gasteiger partial charge < -0.3 is 20.9 Å². The number of aryl methyl sites for hydroxylation is 1. The van der Waals surface area contributed by atoms with Gasteiger partial charge in [0, 0.05) is 49.0 Å². The molecule has 1 spiro atoms. The average Bonchev–Trinajstić information content (AvgIpc) is 2.83. The maximum atomic E-state index is 12.9. The lowest BCUT2D eigenvalue weighted by Gasteiger charge is -2.41. The molecule has 0 unspecified atom stereocenters. The number of urea groups is 1. The Kier molecular flexibility index (Phi) is 9.15. The van der Waals surface area contributed by atoms with Gasteiger partial charge in [0.1, 0.15) is 5.82 Å². The summed E-state index contributed by atoms with van der Waals surface area (Å²) in [4.78, 5) is 23.8. The summed E-state index contributed by atoms with van der Waals surface area (Å²) < 4.78 is 0. The molecule has 36 heavy (non-hydrogen) atoms. The van der Waals surface area contributed by atoms with E-state index in [-0.39, 0.29) is 11.4 Å². The van der Waals surface area contributed by atoms with Gasteiger partial charge >= 0.3 is 6.03 Å². The van der Waals surface area contributed by atoms with Gasteiger partial charge in [-0.3, -0.25) is 5.32 Å². The second-order valence-electron chi connectivity index (χ2n) is 10.8. The van der Waals surface area contributed by atoms with Crippen molar-refractivity contribution in [1.82, 2.24) is 20.2 Å². The lowest BCUT2D eigenvalue weighted by molar-refractivity contribution is 0.262. The van der Waals surface area contributed by atoms with Crippen molar-refractivity contribution in [3.8, 4) is 0 Å². The van der Waals surface area contributed by atoms with Gasteiger partial charge in [-0.2, -0.15) is 4.98 Å². The predicted octanol–water partition coefficient (Wildman–Crippen LogP) is 5.27. The molecule has 0 saturated heterocycles. The summed E-state index contributed by atoms with van der Waals surface area (Å²) in [6, 6.07) is 7.95. The van der Waals surface area contributed by atoms with E-state index >= 15 is 0 Å². The first-order valence-corrected chi connectivity index (χ1v) is 13.6. The zero-order chi connectivity index (χ0) is 25.4. The monoisotopic (exact) mass is 493 g/mol. The molecule has 4 rings (SSSR count). The number of fused-ring (bicyclic) bond motifs is 2. The number of carbonyl (C=O) groups is 1. The molecule has 196 valence electrons. The Labute approximate surface area is 216 Å². The number of carbonyl (C=O) groups excluding carboxylic acids is 1. The molecule has 0 atom stereocenters. The Morgan fingerprint density at radius 2 is 1.72 bits per heavy atom. The lowest BCUT2D eigenvalue weighted by Crippen LogP contribution is -2.43. The SMILES string of the molecule is Cc1cc(NCCN(C)C)nc(NC(=O)Nc2ccc3c(c2)C2(CCCCCCCCC2)CNC3)n1. The maximum absolute atomic E-state index is 12.9. The highest BCUT2D eigenvalue weighted by atomic mass is 16.2. The van der Waals surface area contributed by atoms with Crippen LogP contribution in [0.2, 0.25) is 0 Å². The van der Waals surface area contributed by atoms with E-state index < -0.39 is 0 Å². The summed E-state index contributed by atoms with van der Waals surface area (Å²) in [5.74, 6) is 1.00. The Balaban J connectivity index is 1.45. The molecular weight excluding hydrogens is 450 g/mol. The molecule has 8 nitrogen and oxygen atoms in total. The van der Waals surface area contributed by atoms with E-state index in [1.165, 1.54) is 68.9 Å². The summed E-state index contributed by atoms with van der Waals surface area (Å²) in [5.41, 5.74) is 4.55. The zero-order valence-corrected chi connectivity index (χ0v) is 22.3. The number of nitrogens with one attached hydrogen (secondary N) is 4. The maximum Gasteiger partial charge on any atom is 0.326 e. The van der Waals surface area contributed by atoms with Gasteiger partial charge in [0.25, 0.3) is 0 Å². The van der Waals surface area contributed by atoms with Gasteiger partial charge in [-0.05, 0) is 57.1 Å². The van der Waals surface area contributed by atoms with E-state index in [9.17, 15) is 4.79 Å². The Hall–Kier alpha value is -2.71. The highest BCUT2D eigenvalue weighted by Crippen LogP contribution is 2.41. The van der Waals surface area contributed by atoms with Crippen LogP contribution < -0.4 is 21.3 Å². The predicted molar refractivity (Wildman–Crippen MR) is 148 cm³/mol. The first kappa shape index (κ1) is 26.4. The van der Waals surface area contributed by atoms with Crippen LogP contribution in [0.3, 0.4) is 0 Å². The topological polar surface area (TPSA) is 94.2 Å². The molecule has 4 N–H and O–H groups in total. The molecule has 1 aliphatic carbocycles. The zero-order valence-electron chi connectivity index (χ0n) is 22.3. The molecular formula is C28H43N7O. The van der Waals surface area contributed by atoms with Crippen LogP contribution in [0.15, 0.2) is 24.3 Å². The number of anilines is 3. The van der Waals surface area contributed by atoms with Gasteiger partial charge in [0.15, 0.2) is 0 Å². The summed E-state index contributed by atoms with van der Waals surface area (Å²) in [6.45, 7) is 5.47. The average molecular weight is 494 g/mol. The fourth-order valence-corrected chi connectivity index (χ4v) is 5.60. The van der Waals surface area contributed by atoms with Gasteiger partial charge in [-0.1, -0.05) is 51.0 Å². The smallest absolute Gasteiger partial charge is 0.326 e. The normalized spacial score (nSPS) is 17.9. The standard InChI is InChI=1S/C28H43N7O/c1-21-17-25(30-15-16-35(2)3)33-26(31-21)34-27(36)32-23-12-11-22-19-29-20-28(24(22)18-23)13-9-7-5-4-6-8-10-14-28/h11-12,17-18,29H,4-10,13-16,19-20H2,1-3H3,(H3,30,31,32,33,34,36).